The number of halogens is 1. The number of hydrogen-bond acceptors (Lipinski definition) is 2. The molecule has 0 aliphatic rings. The maximum atomic E-state index is 6.10. The number of nitrogens with one attached hydrogen (secondary N) is 1. The molecular weight excluding hydrogens is 282 g/mol. The number of aromatic nitrogens is 2. The normalized spacial score (nSPS) is 12.1. The largest absolute Gasteiger partial charge is 0.308 e. The van der Waals surface area contributed by atoms with Gasteiger partial charge in [0.2, 0.25) is 0 Å². The third kappa shape index (κ3) is 4.08. The van der Waals surface area contributed by atoms with Gasteiger partial charge in [-0.1, -0.05) is 31.5 Å². The summed E-state index contributed by atoms with van der Waals surface area (Å²) >= 11 is 6.10. The third-order valence-electron chi connectivity index (χ3n) is 3.30. The van der Waals surface area contributed by atoms with Crippen LogP contribution >= 0.6 is 11.6 Å². The second kappa shape index (κ2) is 6.20. The summed E-state index contributed by atoms with van der Waals surface area (Å²) < 4.78 is 2.00. The van der Waals surface area contributed by atoms with Crippen molar-refractivity contribution in [3.8, 4) is 5.69 Å². The molecule has 0 aliphatic carbocycles. The molecule has 0 atom stereocenters. The lowest BCUT2D eigenvalue weighted by atomic mass is 10.0. The van der Waals surface area contributed by atoms with Crippen LogP contribution in [0, 0.1) is 0 Å². The standard InChI is InChI=1S/C17H24ClN3/c1-12(2)16-13(10-19-17(3,4)5)11-20-21(16)15-8-6-7-14(18)9-15/h6-9,11-12,19H,10H2,1-5H3. The molecule has 1 aromatic carbocycles. The molecule has 0 saturated heterocycles. The average Bonchev–Trinajstić information content (AvgIpc) is 2.79. The van der Waals surface area contributed by atoms with Gasteiger partial charge in [0.1, 0.15) is 0 Å². The first-order valence-corrected chi connectivity index (χ1v) is 7.73. The van der Waals surface area contributed by atoms with E-state index in [4.69, 9.17) is 11.6 Å². The molecule has 1 heterocycles. The Morgan fingerprint density at radius 3 is 2.57 bits per heavy atom. The van der Waals surface area contributed by atoms with Crippen LogP contribution in [0.5, 0.6) is 0 Å². The van der Waals surface area contributed by atoms with Crippen molar-refractivity contribution in [2.45, 2.75) is 52.6 Å². The van der Waals surface area contributed by atoms with E-state index in [1.807, 2.05) is 35.1 Å². The molecule has 21 heavy (non-hydrogen) atoms. The SMILES string of the molecule is CC(C)c1c(CNC(C)(C)C)cnn1-c1cccc(Cl)c1. The van der Waals surface area contributed by atoms with Gasteiger partial charge in [-0.2, -0.15) is 5.10 Å². The number of hydrogen-bond donors (Lipinski definition) is 1. The molecular formula is C17H24ClN3. The van der Waals surface area contributed by atoms with Crippen molar-refractivity contribution in [2.24, 2.45) is 0 Å². The summed E-state index contributed by atoms with van der Waals surface area (Å²) in [5.41, 5.74) is 3.56. The Kier molecular flexibility index (Phi) is 4.74. The van der Waals surface area contributed by atoms with E-state index < -0.39 is 0 Å². The molecule has 2 rings (SSSR count). The second-order valence-electron chi connectivity index (χ2n) is 6.70. The number of benzene rings is 1. The van der Waals surface area contributed by atoms with Gasteiger partial charge in [-0.3, -0.25) is 0 Å². The Balaban J connectivity index is 2.37. The molecule has 3 nitrogen and oxygen atoms in total. The predicted octanol–water partition coefficient (Wildman–Crippen LogP) is 4.54. The van der Waals surface area contributed by atoms with E-state index in [1.54, 1.807) is 0 Å². The van der Waals surface area contributed by atoms with Crippen molar-refractivity contribution >= 4 is 11.6 Å². The number of nitrogens with zero attached hydrogens (tertiary/aromatic N) is 2. The van der Waals surface area contributed by atoms with Gasteiger partial charge in [0.15, 0.2) is 0 Å². The zero-order valence-electron chi connectivity index (χ0n) is 13.4. The molecule has 0 spiro atoms. The molecule has 1 N–H and O–H groups in total. The van der Waals surface area contributed by atoms with E-state index in [1.165, 1.54) is 11.3 Å². The molecule has 0 amide bonds. The summed E-state index contributed by atoms with van der Waals surface area (Å²) in [4.78, 5) is 0. The van der Waals surface area contributed by atoms with E-state index in [0.29, 0.717) is 5.92 Å². The monoisotopic (exact) mass is 305 g/mol. The maximum Gasteiger partial charge on any atom is 0.0663 e. The first-order valence-electron chi connectivity index (χ1n) is 7.35. The van der Waals surface area contributed by atoms with Crippen LogP contribution in [0.3, 0.4) is 0 Å². The van der Waals surface area contributed by atoms with Gasteiger partial charge in [-0.25, -0.2) is 4.68 Å². The zero-order valence-corrected chi connectivity index (χ0v) is 14.2. The lowest BCUT2D eigenvalue weighted by Crippen LogP contribution is -2.35. The van der Waals surface area contributed by atoms with Gasteiger partial charge >= 0.3 is 0 Å². The highest BCUT2D eigenvalue weighted by Crippen LogP contribution is 2.24. The van der Waals surface area contributed by atoms with Gasteiger partial charge in [0, 0.05) is 22.7 Å². The first-order chi connectivity index (χ1) is 9.78. The fraction of sp³-hybridized carbons (Fsp3) is 0.471. The van der Waals surface area contributed by atoms with Gasteiger partial charge in [-0.05, 0) is 44.9 Å². The average molecular weight is 306 g/mol. The second-order valence-corrected chi connectivity index (χ2v) is 7.14. The Morgan fingerprint density at radius 1 is 1.29 bits per heavy atom. The van der Waals surface area contributed by atoms with Crippen LogP contribution in [0.4, 0.5) is 0 Å². The van der Waals surface area contributed by atoms with Crippen molar-refractivity contribution in [3.05, 3.63) is 46.7 Å². The van der Waals surface area contributed by atoms with Crippen LogP contribution in [0.1, 0.15) is 51.8 Å². The molecule has 0 unspecified atom stereocenters. The molecule has 0 aliphatic heterocycles. The van der Waals surface area contributed by atoms with Crippen LogP contribution in [-0.2, 0) is 6.54 Å². The van der Waals surface area contributed by atoms with E-state index in [0.717, 1.165) is 17.3 Å². The summed E-state index contributed by atoms with van der Waals surface area (Å²) in [6, 6.07) is 7.81. The summed E-state index contributed by atoms with van der Waals surface area (Å²) in [5.74, 6) is 0.392. The summed E-state index contributed by atoms with van der Waals surface area (Å²) in [6.45, 7) is 11.7. The van der Waals surface area contributed by atoms with Gasteiger partial charge in [0.05, 0.1) is 17.6 Å². The summed E-state index contributed by atoms with van der Waals surface area (Å²) in [6.07, 6.45) is 1.95. The Bertz CT molecular complexity index is 609. The lowest BCUT2D eigenvalue weighted by Gasteiger charge is -2.21. The highest BCUT2D eigenvalue weighted by Gasteiger charge is 2.17. The molecule has 4 heteroatoms. The minimum atomic E-state index is 0.0897. The first kappa shape index (κ1) is 16.1. The van der Waals surface area contributed by atoms with Crippen LogP contribution < -0.4 is 5.32 Å². The van der Waals surface area contributed by atoms with Crippen molar-refractivity contribution < 1.29 is 0 Å². The summed E-state index contributed by atoms with van der Waals surface area (Å²) in [7, 11) is 0. The van der Waals surface area contributed by atoms with E-state index in [9.17, 15) is 0 Å². The van der Waals surface area contributed by atoms with Gasteiger partial charge < -0.3 is 5.32 Å². The minimum Gasteiger partial charge on any atom is -0.308 e. The fourth-order valence-corrected chi connectivity index (χ4v) is 2.50. The molecule has 1 aromatic heterocycles. The number of rotatable bonds is 4. The van der Waals surface area contributed by atoms with Crippen molar-refractivity contribution in [3.63, 3.8) is 0 Å². The molecule has 0 saturated carbocycles. The van der Waals surface area contributed by atoms with Crippen molar-refractivity contribution in [2.75, 3.05) is 0 Å². The molecule has 0 fully saturated rings. The van der Waals surface area contributed by atoms with E-state index in [2.05, 4.69) is 45.0 Å². The molecule has 2 aromatic rings. The van der Waals surface area contributed by atoms with Crippen molar-refractivity contribution in [1.82, 2.24) is 15.1 Å². The van der Waals surface area contributed by atoms with Crippen LogP contribution in [0.25, 0.3) is 5.69 Å². The minimum absolute atomic E-state index is 0.0897. The lowest BCUT2D eigenvalue weighted by molar-refractivity contribution is 0.423. The quantitative estimate of drug-likeness (QED) is 0.899. The topological polar surface area (TPSA) is 29.9 Å². The highest BCUT2D eigenvalue weighted by molar-refractivity contribution is 6.30. The van der Waals surface area contributed by atoms with Gasteiger partial charge in [0.25, 0.3) is 0 Å². The molecule has 114 valence electrons. The molecule has 0 radical (unpaired) electrons. The molecule has 0 bridgehead atoms. The zero-order chi connectivity index (χ0) is 15.6. The smallest absolute Gasteiger partial charge is 0.0663 e. The van der Waals surface area contributed by atoms with Crippen LogP contribution in [0.2, 0.25) is 5.02 Å². The Labute approximate surface area is 132 Å². The summed E-state index contributed by atoms with van der Waals surface area (Å²) in [5, 5.41) is 8.83. The maximum absolute atomic E-state index is 6.10. The predicted molar refractivity (Wildman–Crippen MR) is 89.3 cm³/mol. The van der Waals surface area contributed by atoms with Crippen molar-refractivity contribution in [1.29, 1.82) is 0 Å². The van der Waals surface area contributed by atoms with E-state index >= 15 is 0 Å². The van der Waals surface area contributed by atoms with Crippen LogP contribution in [0.15, 0.2) is 30.5 Å². The Morgan fingerprint density at radius 2 is 2.00 bits per heavy atom. The van der Waals surface area contributed by atoms with E-state index in [-0.39, 0.29) is 5.54 Å². The third-order valence-corrected chi connectivity index (χ3v) is 3.53. The van der Waals surface area contributed by atoms with Gasteiger partial charge in [-0.15, -0.1) is 0 Å². The fourth-order valence-electron chi connectivity index (χ4n) is 2.32. The Hall–Kier alpha value is -1.32. The van der Waals surface area contributed by atoms with Crippen LogP contribution in [-0.4, -0.2) is 15.3 Å². The highest BCUT2D eigenvalue weighted by atomic mass is 35.5.